The van der Waals surface area contributed by atoms with E-state index in [2.05, 4.69) is 10.3 Å². The second-order valence-electron chi connectivity index (χ2n) is 4.80. The van der Waals surface area contributed by atoms with Gasteiger partial charge in [0.25, 0.3) is 0 Å². The Balaban J connectivity index is 0.00000400. The minimum Gasteiger partial charge on any atom is -0.354 e. The standard InChI is InChI=1S/C12H18F3N3OS.ClH/c1-3-5-11(2,16)10(19)17-6-4-9-18-8(7-20-9)12(13,14)15;/h7H,3-6,16H2,1-2H3,(H,17,19);1H. The fourth-order valence-corrected chi connectivity index (χ4v) is 2.48. The van der Waals surface area contributed by atoms with Gasteiger partial charge in [-0.25, -0.2) is 4.98 Å². The van der Waals surface area contributed by atoms with E-state index in [0.717, 1.165) is 23.1 Å². The van der Waals surface area contributed by atoms with Gasteiger partial charge in [-0.1, -0.05) is 13.3 Å². The molecule has 0 bridgehead atoms. The summed E-state index contributed by atoms with van der Waals surface area (Å²) in [5, 5.41) is 3.94. The molecule has 1 atom stereocenters. The summed E-state index contributed by atoms with van der Waals surface area (Å²) in [6, 6.07) is 0. The number of amides is 1. The van der Waals surface area contributed by atoms with Gasteiger partial charge in [-0.15, -0.1) is 23.7 Å². The highest BCUT2D eigenvalue weighted by molar-refractivity contribution is 7.09. The first kappa shape index (κ1) is 20.1. The Morgan fingerprint density at radius 2 is 2.10 bits per heavy atom. The normalized spacial score (nSPS) is 14.2. The monoisotopic (exact) mass is 345 g/mol. The van der Waals surface area contributed by atoms with Crippen LogP contribution < -0.4 is 11.1 Å². The quantitative estimate of drug-likeness (QED) is 0.833. The first-order chi connectivity index (χ1) is 9.16. The molecular formula is C12H19ClF3N3OS. The summed E-state index contributed by atoms with van der Waals surface area (Å²) >= 11 is 0.932. The number of hydrogen-bond donors (Lipinski definition) is 2. The van der Waals surface area contributed by atoms with E-state index in [1.165, 1.54) is 0 Å². The number of carbonyl (C=O) groups excluding carboxylic acids is 1. The molecule has 4 nitrogen and oxygen atoms in total. The fourth-order valence-electron chi connectivity index (χ4n) is 1.67. The maximum absolute atomic E-state index is 12.4. The molecule has 9 heteroatoms. The maximum Gasteiger partial charge on any atom is 0.434 e. The van der Waals surface area contributed by atoms with Crippen LogP contribution in [-0.4, -0.2) is 23.0 Å². The number of alkyl halides is 3. The summed E-state index contributed by atoms with van der Waals surface area (Å²) in [6.07, 6.45) is -2.83. The highest BCUT2D eigenvalue weighted by Crippen LogP contribution is 2.29. The first-order valence-electron chi connectivity index (χ1n) is 6.25. The van der Waals surface area contributed by atoms with Gasteiger partial charge in [0, 0.05) is 18.3 Å². The number of hydrogen-bond acceptors (Lipinski definition) is 4. The van der Waals surface area contributed by atoms with Crippen molar-refractivity contribution in [2.45, 2.75) is 44.8 Å². The molecule has 0 aliphatic carbocycles. The minimum absolute atomic E-state index is 0. The van der Waals surface area contributed by atoms with Gasteiger partial charge >= 0.3 is 6.18 Å². The molecule has 0 aliphatic heterocycles. The fraction of sp³-hybridized carbons (Fsp3) is 0.667. The Morgan fingerprint density at radius 3 is 2.57 bits per heavy atom. The Hall–Kier alpha value is -0.860. The summed E-state index contributed by atoms with van der Waals surface area (Å²) < 4.78 is 37.1. The number of nitrogens with zero attached hydrogens (tertiary/aromatic N) is 1. The molecule has 0 aromatic carbocycles. The van der Waals surface area contributed by atoms with Crippen LogP contribution in [-0.2, 0) is 17.4 Å². The summed E-state index contributed by atoms with van der Waals surface area (Å²) in [5.74, 6) is -0.299. The van der Waals surface area contributed by atoms with Gasteiger partial charge in [-0.3, -0.25) is 4.79 Å². The van der Waals surface area contributed by atoms with Crippen molar-refractivity contribution in [1.82, 2.24) is 10.3 Å². The number of rotatable bonds is 6. The van der Waals surface area contributed by atoms with Crippen LogP contribution in [0.25, 0.3) is 0 Å². The third kappa shape index (κ3) is 6.19. The number of aromatic nitrogens is 1. The van der Waals surface area contributed by atoms with E-state index in [9.17, 15) is 18.0 Å². The number of nitrogens with two attached hydrogens (primary N) is 1. The van der Waals surface area contributed by atoms with Crippen molar-refractivity contribution in [3.63, 3.8) is 0 Å². The first-order valence-corrected chi connectivity index (χ1v) is 7.13. The zero-order valence-corrected chi connectivity index (χ0v) is 13.4. The molecule has 0 fully saturated rings. The van der Waals surface area contributed by atoms with Gasteiger partial charge in [-0.2, -0.15) is 13.2 Å². The van der Waals surface area contributed by atoms with Crippen molar-refractivity contribution in [2.75, 3.05) is 6.54 Å². The van der Waals surface area contributed by atoms with E-state index in [0.29, 0.717) is 11.4 Å². The Bertz CT molecular complexity index is 463. The highest BCUT2D eigenvalue weighted by atomic mass is 35.5. The van der Waals surface area contributed by atoms with Gasteiger partial charge in [0.2, 0.25) is 5.91 Å². The molecule has 0 saturated heterocycles. The van der Waals surface area contributed by atoms with E-state index in [1.807, 2.05) is 6.92 Å². The summed E-state index contributed by atoms with van der Waals surface area (Å²) in [5.41, 5.74) is 4.00. The zero-order chi connectivity index (χ0) is 15.4. The molecule has 0 radical (unpaired) electrons. The molecule has 1 aromatic rings. The van der Waals surface area contributed by atoms with Gasteiger partial charge in [-0.05, 0) is 13.3 Å². The van der Waals surface area contributed by atoms with Crippen LogP contribution in [0.1, 0.15) is 37.4 Å². The molecule has 1 heterocycles. The van der Waals surface area contributed by atoms with E-state index in [1.54, 1.807) is 6.92 Å². The van der Waals surface area contributed by atoms with Gasteiger partial charge < -0.3 is 11.1 Å². The van der Waals surface area contributed by atoms with Crippen LogP contribution in [0.4, 0.5) is 13.2 Å². The van der Waals surface area contributed by atoms with E-state index >= 15 is 0 Å². The van der Waals surface area contributed by atoms with Gasteiger partial charge in [0.05, 0.1) is 10.5 Å². The van der Waals surface area contributed by atoms with Gasteiger partial charge in [0.1, 0.15) is 0 Å². The average molecular weight is 346 g/mol. The Labute approximate surface area is 131 Å². The molecular weight excluding hydrogens is 327 g/mol. The van der Waals surface area contributed by atoms with Crippen molar-refractivity contribution in [1.29, 1.82) is 0 Å². The molecule has 3 N–H and O–H groups in total. The lowest BCUT2D eigenvalue weighted by atomic mass is 9.96. The molecule has 122 valence electrons. The van der Waals surface area contributed by atoms with E-state index < -0.39 is 17.4 Å². The molecule has 1 aromatic heterocycles. The lowest BCUT2D eigenvalue weighted by molar-refractivity contribution is -0.140. The Morgan fingerprint density at radius 1 is 1.48 bits per heavy atom. The van der Waals surface area contributed by atoms with Crippen LogP contribution in [0, 0.1) is 0 Å². The number of carbonyl (C=O) groups is 1. The SMILES string of the molecule is CCCC(C)(N)C(=O)NCCc1nc(C(F)(F)F)cs1.Cl. The minimum atomic E-state index is -4.42. The predicted molar refractivity (Wildman–Crippen MR) is 78.6 cm³/mol. The second kappa shape index (κ2) is 7.95. The van der Waals surface area contributed by atoms with Crippen LogP contribution in [0.5, 0.6) is 0 Å². The zero-order valence-electron chi connectivity index (χ0n) is 11.8. The molecule has 1 unspecified atom stereocenters. The number of halogens is 4. The average Bonchev–Trinajstić information content (AvgIpc) is 2.77. The third-order valence-electron chi connectivity index (χ3n) is 2.75. The maximum atomic E-state index is 12.4. The van der Waals surface area contributed by atoms with Gasteiger partial charge in [0.15, 0.2) is 5.69 Å². The molecule has 0 saturated carbocycles. The lowest BCUT2D eigenvalue weighted by Crippen LogP contribution is -2.51. The van der Waals surface area contributed by atoms with Crippen molar-refractivity contribution >= 4 is 29.7 Å². The van der Waals surface area contributed by atoms with Crippen molar-refractivity contribution in [3.8, 4) is 0 Å². The van der Waals surface area contributed by atoms with Crippen LogP contribution in [0.3, 0.4) is 0 Å². The van der Waals surface area contributed by atoms with Crippen LogP contribution >= 0.6 is 23.7 Å². The molecule has 0 aliphatic rings. The molecule has 1 rings (SSSR count). The lowest BCUT2D eigenvalue weighted by Gasteiger charge is -2.22. The predicted octanol–water partition coefficient (Wildman–Crippen LogP) is 2.76. The number of thiazole rings is 1. The van der Waals surface area contributed by atoms with Crippen LogP contribution in [0.2, 0.25) is 0 Å². The molecule has 0 spiro atoms. The molecule has 1 amide bonds. The van der Waals surface area contributed by atoms with Crippen LogP contribution in [0.15, 0.2) is 5.38 Å². The largest absolute Gasteiger partial charge is 0.434 e. The Kier molecular flexibility index (Phi) is 7.63. The van der Waals surface area contributed by atoms with E-state index in [4.69, 9.17) is 5.73 Å². The second-order valence-corrected chi connectivity index (χ2v) is 5.74. The van der Waals surface area contributed by atoms with Crippen molar-refractivity contribution < 1.29 is 18.0 Å². The molecule has 21 heavy (non-hydrogen) atoms. The third-order valence-corrected chi connectivity index (χ3v) is 3.66. The highest BCUT2D eigenvalue weighted by Gasteiger charge is 2.33. The smallest absolute Gasteiger partial charge is 0.354 e. The summed E-state index contributed by atoms with van der Waals surface area (Å²) in [7, 11) is 0. The topological polar surface area (TPSA) is 68.0 Å². The van der Waals surface area contributed by atoms with Crippen molar-refractivity contribution in [3.05, 3.63) is 16.1 Å². The number of nitrogens with one attached hydrogen (secondary N) is 1. The van der Waals surface area contributed by atoms with E-state index in [-0.39, 0.29) is 31.3 Å². The van der Waals surface area contributed by atoms with Crippen molar-refractivity contribution in [2.24, 2.45) is 5.73 Å². The summed E-state index contributed by atoms with van der Waals surface area (Å²) in [6.45, 7) is 3.78. The summed E-state index contributed by atoms with van der Waals surface area (Å²) in [4.78, 5) is 15.3.